The third-order valence-electron chi connectivity index (χ3n) is 2.31. The third kappa shape index (κ3) is 3.22. The van der Waals surface area contributed by atoms with Gasteiger partial charge in [-0.2, -0.15) is 0 Å². The SMILES string of the molecule is CN[C@H](Cc1ccc(Cl)c(C)c1)C(=O)O. The van der Waals surface area contributed by atoms with Crippen LogP contribution >= 0.6 is 11.6 Å². The maximum absolute atomic E-state index is 10.8. The van der Waals surface area contributed by atoms with E-state index in [2.05, 4.69) is 5.32 Å². The zero-order valence-electron chi connectivity index (χ0n) is 8.75. The van der Waals surface area contributed by atoms with Gasteiger partial charge < -0.3 is 10.4 Å². The number of likely N-dealkylation sites (N-methyl/N-ethyl adjacent to an activating group) is 1. The summed E-state index contributed by atoms with van der Waals surface area (Å²) in [5, 5.41) is 12.3. The summed E-state index contributed by atoms with van der Waals surface area (Å²) in [6.07, 6.45) is 0.462. The number of carbonyl (C=O) groups is 1. The van der Waals surface area contributed by atoms with Crippen LogP contribution in [0.3, 0.4) is 0 Å². The molecule has 0 aliphatic rings. The summed E-state index contributed by atoms with van der Waals surface area (Å²) in [4.78, 5) is 10.8. The van der Waals surface area contributed by atoms with Crippen molar-refractivity contribution in [3.8, 4) is 0 Å². The molecule has 82 valence electrons. The number of aliphatic carboxylic acids is 1. The molecule has 0 amide bonds. The summed E-state index contributed by atoms with van der Waals surface area (Å²) < 4.78 is 0. The van der Waals surface area contributed by atoms with Gasteiger partial charge in [0.2, 0.25) is 0 Å². The molecule has 3 nitrogen and oxygen atoms in total. The van der Waals surface area contributed by atoms with Gasteiger partial charge in [0, 0.05) is 5.02 Å². The van der Waals surface area contributed by atoms with E-state index in [1.54, 1.807) is 13.1 Å². The summed E-state index contributed by atoms with van der Waals surface area (Å²) in [6, 6.07) is 5.00. The largest absolute Gasteiger partial charge is 0.480 e. The van der Waals surface area contributed by atoms with Crippen LogP contribution < -0.4 is 5.32 Å². The van der Waals surface area contributed by atoms with E-state index in [-0.39, 0.29) is 0 Å². The molecule has 0 saturated carbocycles. The van der Waals surface area contributed by atoms with Crippen molar-refractivity contribution < 1.29 is 9.90 Å². The monoisotopic (exact) mass is 227 g/mol. The number of rotatable bonds is 4. The van der Waals surface area contributed by atoms with E-state index in [0.717, 1.165) is 11.1 Å². The minimum Gasteiger partial charge on any atom is -0.480 e. The summed E-state index contributed by atoms with van der Waals surface area (Å²) in [6.45, 7) is 1.90. The maximum atomic E-state index is 10.8. The normalized spacial score (nSPS) is 12.5. The van der Waals surface area contributed by atoms with E-state index >= 15 is 0 Å². The third-order valence-corrected chi connectivity index (χ3v) is 2.73. The molecule has 0 saturated heterocycles. The molecule has 0 fully saturated rings. The number of benzene rings is 1. The quantitative estimate of drug-likeness (QED) is 0.826. The van der Waals surface area contributed by atoms with E-state index in [9.17, 15) is 4.79 Å². The Morgan fingerprint density at radius 2 is 2.27 bits per heavy atom. The summed E-state index contributed by atoms with van der Waals surface area (Å²) in [7, 11) is 1.64. The molecule has 2 N–H and O–H groups in total. The van der Waals surface area contributed by atoms with Gasteiger partial charge in [-0.3, -0.25) is 4.79 Å². The van der Waals surface area contributed by atoms with E-state index in [1.165, 1.54) is 0 Å². The van der Waals surface area contributed by atoms with Crippen LogP contribution in [0.15, 0.2) is 18.2 Å². The fraction of sp³-hybridized carbons (Fsp3) is 0.364. The first-order valence-corrected chi connectivity index (χ1v) is 5.07. The van der Waals surface area contributed by atoms with Gasteiger partial charge in [-0.25, -0.2) is 0 Å². The summed E-state index contributed by atoms with van der Waals surface area (Å²) in [5.74, 6) is -0.842. The number of aryl methyl sites for hydroxylation is 1. The molecular formula is C11H14ClNO2. The van der Waals surface area contributed by atoms with Crippen LogP contribution in [0.2, 0.25) is 5.02 Å². The molecule has 1 aromatic rings. The highest BCUT2D eigenvalue weighted by Crippen LogP contribution is 2.17. The lowest BCUT2D eigenvalue weighted by Crippen LogP contribution is -2.35. The number of halogens is 1. The van der Waals surface area contributed by atoms with Gasteiger partial charge in [0.25, 0.3) is 0 Å². The molecule has 0 aliphatic heterocycles. The van der Waals surface area contributed by atoms with Crippen molar-refractivity contribution in [2.45, 2.75) is 19.4 Å². The molecule has 0 bridgehead atoms. The summed E-state index contributed by atoms with van der Waals surface area (Å²) >= 11 is 5.88. The fourth-order valence-corrected chi connectivity index (χ4v) is 1.50. The Labute approximate surface area is 94.1 Å². The molecular weight excluding hydrogens is 214 g/mol. The standard InChI is InChI=1S/C11H14ClNO2/c1-7-5-8(3-4-9(7)12)6-10(13-2)11(14)15/h3-5,10,13H,6H2,1-2H3,(H,14,15)/t10-/m1/s1. The Balaban J connectivity index is 2.80. The van der Waals surface area contributed by atoms with Gasteiger partial charge in [-0.1, -0.05) is 23.7 Å². The van der Waals surface area contributed by atoms with Gasteiger partial charge >= 0.3 is 5.97 Å². The average Bonchev–Trinajstić information content (AvgIpc) is 2.19. The van der Waals surface area contributed by atoms with Crippen LogP contribution in [0.1, 0.15) is 11.1 Å². The number of carboxylic acid groups (broad SMARTS) is 1. The van der Waals surface area contributed by atoms with E-state index in [4.69, 9.17) is 16.7 Å². The van der Waals surface area contributed by atoms with Gasteiger partial charge in [-0.05, 0) is 37.6 Å². The Kier molecular flexibility index (Phi) is 4.12. The van der Waals surface area contributed by atoms with Gasteiger partial charge in [-0.15, -0.1) is 0 Å². The van der Waals surface area contributed by atoms with Crippen molar-refractivity contribution in [3.63, 3.8) is 0 Å². The van der Waals surface area contributed by atoms with Crippen molar-refractivity contribution in [1.29, 1.82) is 0 Å². The number of carboxylic acids is 1. The van der Waals surface area contributed by atoms with Crippen LogP contribution in [0.25, 0.3) is 0 Å². The van der Waals surface area contributed by atoms with E-state index in [1.807, 2.05) is 19.1 Å². The van der Waals surface area contributed by atoms with Gasteiger partial charge in [0.1, 0.15) is 6.04 Å². The fourth-order valence-electron chi connectivity index (χ4n) is 1.38. The van der Waals surface area contributed by atoms with E-state index in [0.29, 0.717) is 11.4 Å². The number of nitrogens with one attached hydrogen (secondary N) is 1. The molecule has 1 atom stereocenters. The van der Waals surface area contributed by atoms with Crippen LogP contribution in [-0.2, 0) is 11.2 Å². The summed E-state index contributed by atoms with van der Waals surface area (Å²) in [5.41, 5.74) is 1.94. The molecule has 4 heteroatoms. The molecule has 15 heavy (non-hydrogen) atoms. The van der Waals surface area contributed by atoms with Crippen molar-refractivity contribution in [2.24, 2.45) is 0 Å². The second-order valence-corrected chi connectivity index (χ2v) is 3.87. The molecule has 0 spiro atoms. The maximum Gasteiger partial charge on any atom is 0.321 e. The average molecular weight is 228 g/mol. The second-order valence-electron chi connectivity index (χ2n) is 3.47. The topological polar surface area (TPSA) is 49.3 Å². The predicted octanol–water partition coefficient (Wildman–Crippen LogP) is 1.86. The molecule has 0 aromatic heterocycles. The van der Waals surface area contributed by atoms with Crippen LogP contribution in [0.5, 0.6) is 0 Å². The number of hydrogen-bond acceptors (Lipinski definition) is 2. The first-order chi connectivity index (χ1) is 7.04. The minimum absolute atomic E-state index is 0.462. The van der Waals surface area contributed by atoms with Gasteiger partial charge in [0.05, 0.1) is 0 Å². The van der Waals surface area contributed by atoms with E-state index < -0.39 is 12.0 Å². The Bertz CT molecular complexity index is 366. The highest BCUT2D eigenvalue weighted by molar-refractivity contribution is 6.31. The molecule has 1 rings (SSSR count). The molecule has 0 radical (unpaired) electrons. The highest BCUT2D eigenvalue weighted by atomic mass is 35.5. The Hall–Kier alpha value is -1.06. The Morgan fingerprint density at radius 1 is 1.60 bits per heavy atom. The minimum atomic E-state index is -0.842. The van der Waals surface area contributed by atoms with Crippen molar-refractivity contribution in [2.75, 3.05) is 7.05 Å². The van der Waals surface area contributed by atoms with Crippen molar-refractivity contribution in [3.05, 3.63) is 34.3 Å². The number of hydrogen-bond donors (Lipinski definition) is 2. The smallest absolute Gasteiger partial charge is 0.321 e. The first kappa shape index (κ1) is 12.0. The zero-order valence-corrected chi connectivity index (χ0v) is 9.51. The lowest BCUT2D eigenvalue weighted by atomic mass is 10.0. The van der Waals surface area contributed by atoms with Crippen molar-refractivity contribution >= 4 is 17.6 Å². The Morgan fingerprint density at radius 3 is 2.73 bits per heavy atom. The lowest BCUT2D eigenvalue weighted by molar-refractivity contribution is -0.139. The lowest BCUT2D eigenvalue weighted by Gasteiger charge is -2.11. The van der Waals surface area contributed by atoms with Crippen molar-refractivity contribution in [1.82, 2.24) is 5.32 Å². The highest BCUT2D eigenvalue weighted by Gasteiger charge is 2.15. The molecule has 0 heterocycles. The van der Waals surface area contributed by atoms with Crippen LogP contribution in [0, 0.1) is 6.92 Å². The predicted molar refractivity (Wildman–Crippen MR) is 60.4 cm³/mol. The zero-order chi connectivity index (χ0) is 11.4. The second kappa shape index (κ2) is 5.14. The molecule has 1 aromatic carbocycles. The van der Waals surface area contributed by atoms with Crippen LogP contribution in [-0.4, -0.2) is 24.2 Å². The first-order valence-electron chi connectivity index (χ1n) is 4.69. The van der Waals surface area contributed by atoms with Gasteiger partial charge in [0.15, 0.2) is 0 Å². The molecule has 0 aliphatic carbocycles. The van der Waals surface area contributed by atoms with Crippen LogP contribution in [0.4, 0.5) is 0 Å². The molecule has 0 unspecified atom stereocenters.